The number of nitrogens with zero attached hydrogens (tertiary/aromatic N) is 6. The van der Waals surface area contributed by atoms with E-state index in [1.165, 1.54) is 0 Å². The minimum atomic E-state index is -4.80. The van der Waals surface area contributed by atoms with Crippen LogP contribution in [0.5, 0.6) is 0 Å². The van der Waals surface area contributed by atoms with Gasteiger partial charge in [-0.15, -0.1) is 0 Å². The smallest absolute Gasteiger partial charge is 0.340 e. The molecular weight excluding hydrogens is 1510 g/mol. The molecule has 3 saturated heterocycles. The average Bonchev–Trinajstić information content (AvgIpc) is 1.10. The van der Waals surface area contributed by atoms with Crippen molar-refractivity contribution in [2.75, 3.05) is 47.6 Å². The van der Waals surface area contributed by atoms with E-state index in [9.17, 15) is 64.0 Å². The van der Waals surface area contributed by atoms with Crippen molar-refractivity contribution in [3.63, 3.8) is 0 Å². The first kappa shape index (κ1) is 82.0. The second-order valence-electron chi connectivity index (χ2n) is 24.3. The number of ether oxygens (including phenoxy) is 3. The molecular formula is C68H79Cl4N9O19P4. The van der Waals surface area contributed by atoms with Crippen molar-refractivity contribution < 1.29 is 92.5 Å². The van der Waals surface area contributed by atoms with E-state index in [1.807, 2.05) is 123 Å². The van der Waals surface area contributed by atoms with Crippen molar-refractivity contribution in [1.82, 2.24) is 29.9 Å². The lowest BCUT2D eigenvalue weighted by molar-refractivity contribution is -0.0227. The zero-order valence-corrected chi connectivity index (χ0v) is 62.4. The van der Waals surface area contributed by atoms with Crippen LogP contribution in [0.1, 0.15) is 83.0 Å². The number of aryl methyl sites for hydroxylation is 2. The van der Waals surface area contributed by atoms with Gasteiger partial charge in [0.2, 0.25) is 0 Å². The highest BCUT2D eigenvalue weighted by atomic mass is 35.9. The van der Waals surface area contributed by atoms with Gasteiger partial charge < -0.3 is 90.2 Å². The Morgan fingerprint density at radius 1 is 0.462 bits per heavy atom. The number of benzene rings is 6. The summed E-state index contributed by atoms with van der Waals surface area (Å²) in [5.41, 5.74) is 7.26. The number of nitrogens with one attached hydrogen (secondary N) is 3. The fourth-order valence-corrected chi connectivity index (χ4v) is 22.9. The van der Waals surface area contributed by atoms with Gasteiger partial charge in [0.05, 0.1) is 36.4 Å². The van der Waals surface area contributed by atoms with Gasteiger partial charge in [0.25, 0.3) is 11.7 Å². The van der Waals surface area contributed by atoms with E-state index in [4.69, 9.17) is 73.5 Å². The number of rotatable bonds is 24. The Kier molecular flexibility index (Phi) is 29.0. The van der Waals surface area contributed by atoms with Crippen LogP contribution in [0, 0.1) is 0 Å². The zero-order chi connectivity index (χ0) is 75.3. The normalized spacial score (nSPS) is 23.0. The van der Waals surface area contributed by atoms with Crippen LogP contribution in [0.4, 0.5) is 17.5 Å². The van der Waals surface area contributed by atoms with E-state index in [-0.39, 0.29) is 13.2 Å². The fourth-order valence-electron chi connectivity index (χ4n) is 11.4. The second-order valence-corrected chi connectivity index (χ2v) is 39.3. The van der Waals surface area contributed by atoms with Gasteiger partial charge in [0.1, 0.15) is 108 Å². The number of anilines is 3. The Morgan fingerprint density at radius 3 is 1.11 bits per heavy atom. The van der Waals surface area contributed by atoms with Crippen LogP contribution in [0.3, 0.4) is 0 Å². The Morgan fingerprint density at radius 2 is 0.798 bits per heavy atom. The maximum absolute atomic E-state index is 11.9. The summed E-state index contributed by atoms with van der Waals surface area (Å²) in [4.78, 5) is 55.0. The number of hydrogen-bond donors (Lipinski definition) is 14. The van der Waals surface area contributed by atoms with Crippen LogP contribution in [-0.2, 0) is 69.5 Å². The van der Waals surface area contributed by atoms with E-state index in [0.717, 1.165) is 44.2 Å². The molecule has 28 nitrogen and oxygen atoms in total. The van der Waals surface area contributed by atoms with Crippen LogP contribution in [0.2, 0.25) is 0 Å². The number of aliphatic hydroxyl groups is 8. The molecule has 1 unspecified atom stereocenters. The number of hydrogen-bond acceptors (Lipinski definition) is 25. The molecule has 104 heavy (non-hydrogen) atoms. The molecule has 0 amide bonds. The van der Waals surface area contributed by atoms with Crippen molar-refractivity contribution in [3.8, 4) is 0 Å². The summed E-state index contributed by atoms with van der Waals surface area (Å²) >= 11 is 20.0. The van der Waals surface area contributed by atoms with Crippen molar-refractivity contribution in [2.45, 2.75) is 120 Å². The van der Waals surface area contributed by atoms with Gasteiger partial charge in [-0.25, -0.2) is 29.9 Å². The van der Waals surface area contributed by atoms with Crippen LogP contribution in [-0.4, -0.2) is 172 Å². The molecule has 9 aromatic rings. The monoisotopic (exact) mass is 1590 g/mol. The number of halogens is 4. The third-order valence-corrected chi connectivity index (χ3v) is 26.5. The van der Waals surface area contributed by atoms with Crippen LogP contribution < -0.4 is 16.0 Å². The molecule has 13 atom stereocenters. The molecule has 6 aromatic carbocycles. The number of aliphatic hydroxyl groups excluding tert-OH is 8. The van der Waals surface area contributed by atoms with Gasteiger partial charge in [-0.1, -0.05) is 130 Å². The average molecular weight is 1590 g/mol. The van der Waals surface area contributed by atoms with E-state index in [2.05, 4.69) is 64.6 Å². The molecule has 12 rings (SSSR count). The third-order valence-electron chi connectivity index (χ3n) is 16.6. The molecule has 3 aliphatic rings. The van der Waals surface area contributed by atoms with Crippen LogP contribution >= 0.6 is 71.8 Å². The molecule has 3 fully saturated rings. The molecule has 0 spiro atoms. The largest absolute Gasteiger partial charge is 0.394 e. The van der Waals surface area contributed by atoms with Gasteiger partial charge >= 0.3 is 15.2 Å². The number of aromatic nitrogens is 6. The SMILES string of the molecule is C=Cc1nc(NCc2ccccc2)c2ccc([C@@H]3O[C@H](CO)[C@@H](O)[C@H]3O)cc2n1.CCc1nc(NCc2ccccc2)c2ccc([C@@H]3O[C@H](CO)[C@@H](O)[C@H]3O)cc2n1.CCc1nc(NCc2ccccc2)c2ccc([C@@H]3O[C@H](COP(=O)(O)CP(=O)(O)O)[C@@H](O)[C@H]3O)cc2n1.O=P(Cl)(Cl)CP(=O)(Cl)Cl. The Labute approximate surface area is 617 Å². The lowest BCUT2D eigenvalue weighted by Crippen LogP contribution is -2.33. The standard InChI is InChI=1S/C23H29N3O9P2.C22H25N3O4.C22H23N3O4.CH2Cl4O2P2/c1-2-19-25-17-10-15(8-9-16(17)23(26-19)24-11-14-6-4-3-5-7-14)22-21(28)20(27)18(35-22)12-34-37(32,33)13-36(29,30)31;2*1-2-18-24-16-10-14(21-20(28)19(27)17(12-26)29-21)8-9-15(16)22(25-18)23-11-13-6-4-3-5-7-13;2-8(3,6)1-9(4,5)7/h3-10,18,20-22,27-28H,2,11-13H2,1H3,(H,32,33)(H,24,25,26)(H2,29,30,31);3-10,17,19-21,26-28H,2,11-12H2,1H3,(H,23,24,25);2-10,17,19-21,26-28H,1,11-12H2,(H,23,24,25);1H2/t18-,20-,21-,22+;2*17-,19-,20-,21+;/m111./s1. The molecule has 558 valence electrons. The fraction of sp³-hybridized carbons (Fsp3) is 0.353. The molecule has 3 aliphatic heterocycles. The summed E-state index contributed by atoms with van der Waals surface area (Å²) in [6.07, 6.45) is -9.75. The molecule has 6 heterocycles. The Hall–Kier alpha value is -6.04. The quantitative estimate of drug-likeness (QED) is 0.0250. The predicted octanol–water partition coefficient (Wildman–Crippen LogP) is 10.6. The van der Waals surface area contributed by atoms with Gasteiger partial charge in [-0.2, -0.15) is 0 Å². The van der Waals surface area contributed by atoms with E-state index < -0.39 is 119 Å². The first-order valence-corrected chi connectivity index (χ1v) is 43.5. The van der Waals surface area contributed by atoms with Crippen molar-refractivity contribution in [2.24, 2.45) is 0 Å². The lowest BCUT2D eigenvalue weighted by atomic mass is 10.0. The van der Waals surface area contributed by atoms with E-state index in [0.29, 0.717) is 89.3 Å². The van der Waals surface area contributed by atoms with Gasteiger partial charge in [0, 0.05) is 48.6 Å². The van der Waals surface area contributed by atoms with E-state index in [1.54, 1.807) is 30.3 Å². The molecule has 14 N–H and O–H groups in total. The predicted molar refractivity (Wildman–Crippen MR) is 398 cm³/mol. The Bertz CT molecular complexity index is 4570. The van der Waals surface area contributed by atoms with Gasteiger partial charge in [0.15, 0.2) is 11.7 Å². The van der Waals surface area contributed by atoms with Gasteiger partial charge in [-0.05, 0) is 121 Å². The minimum Gasteiger partial charge on any atom is -0.394 e. The molecule has 0 bridgehead atoms. The summed E-state index contributed by atoms with van der Waals surface area (Å²) in [5, 5.41) is 92.9. The van der Waals surface area contributed by atoms with Crippen molar-refractivity contribution in [1.29, 1.82) is 0 Å². The summed E-state index contributed by atoms with van der Waals surface area (Å²) in [6, 6.07) is 46.2. The molecule has 36 heteroatoms. The third kappa shape index (κ3) is 22.5. The summed E-state index contributed by atoms with van der Waals surface area (Å²) in [6.45, 7) is 8.15. The molecule has 3 aromatic heterocycles. The minimum absolute atomic E-state index is 0.349. The first-order chi connectivity index (χ1) is 49.4. The number of fused-ring (bicyclic) bond motifs is 3. The highest BCUT2D eigenvalue weighted by Gasteiger charge is 2.46. The summed E-state index contributed by atoms with van der Waals surface area (Å²) < 4.78 is 65.6. The Balaban J connectivity index is 0.000000172. The second kappa shape index (κ2) is 36.7. The van der Waals surface area contributed by atoms with Gasteiger partial charge in [-0.3, -0.25) is 18.3 Å². The summed E-state index contributed by atoms with van der Waals surface area (Å²) in [7, 11) is -9.44. The molecule has 0 aliphatic carbocycles. The van der Waals surface area contributed by atoms with Crippen molar-refractivity contribution >= 4 is 128 Å². The topological polar surface area (TPSA) is 441 Å². The zero-order valence-electron chi connectivity index (χ0n) is 55.8. The van der Waals surface area contributed by atoms with E-state index >= 15 is 0 Å². The highest BCUT2D eigenvalue weighted by Crippen LogP contribution is 2.72. The van der Waals surface area contributed by atoms with Crippen LogP contribution in [0.25, 0.3) is 38.8 Å². The molecule has 0 radical (unpaired) electrons. The summed E-state index contributed by atoms with van der Waals surface area (Å²) in [5.74, 6) is -4.74. The lowest BCUT2D eigenvalue weighted by Gasteiger charge is -2.18. The molecule has 0 saturated carbocycles. The maximum Gasteiger partial charge on any atom is 0.340 e. The van der Waals surface area contributed by atoms with Crippen molar-refractivity contribution in [3.05, 3.63) is 203 Å². The van der Waals surface area contributed by atoms with Crippen LogP contribution in [0.15, 0.2) is 152 Å². The first-order valence-electron chi connectivity index (χ1n) is 32.5. The highest BCUT2D eigenvalue weighted by molar-refractivity contribution is 8.21. The maximum atomic E-state index is 11.9.